The van der Waals surface area contributed by atoms with Crippen LogP contribution < -0.4 is 0 Å². The van der Waals surface area contributed by atoms with Crippen LogP contribution in [0.3, 0.4) is 0 Å². The highest BCUT2D eigenvalue weighted by Gasteiger charge is 2.00. The minimum absolute atomic E-state index is 0.324. The molecule has 0 saturated carbocycles. The summed E-state index contributed by atoms with van der Waals surface area (Å²) >= 11 is 5.24. The van der Waals surface area contributed by atoms with Crippen molar-refractivity contribution in [3.05, 3.63) is 47.5 Å². The molecule has 0 saturated heterocycles. The van der Waals surface area contributed by atoms with Crippen molar-refractivity contribution in [2.24, 2.45) is 5.92 Å². The molecule has 0 aromatic heterocycles. The molecule has 0 N–H and O–H groups in total. The highest BCUT2D eigenvalue weighted by molar-refractivity contribution is 6.66. The first-order chi connectivity index (χ1) is 11.5. The van der Waals surface area contributed by atoms with Crippen molar-refractivity contribution in [2.45, 2.75) is 39.5 Å². The summed E-state index contributed by atoms with van der Waals surface area (Å²) in [6, 6.07) is 7.40. The fourth-order valence-electron chi connectivity index (χ4n) is 2.06. The zero-order valence-corrected chi connectivity index (χ0v) is 15.1. The quantitative estimate of drug-likeness (QED) is 0.251. The lowest BCUT2D eigenvalue weighted by Gasteiger charge is -2.07. The first kappa shape index (κ1) is 20.2. The Morgan fingerprint density at radius 1 is 1.08 bits per heavy atom. The third-order valence-electron chi connectivity index (χ3n) is 3.79. The van der Waals surface area contributed by atoms with Gasteiger partial charge in [-0.25, -0.2) is 4.79 Å². The van der Waals surface area contributed by atoms with Crippen molar-refractivity contribution in [3.8, 4) is 0 Å². The summed E-state index contributed by atoms with van der Waals surface area (Å²) in [5.41, 5.74) is 1.75. The molecule has 0 fully saturated rings. The van der Waals surface area contributed by atoms with Crippen molar-refractivity contribution in [1.29, 1.82) is 0 Å². The van der Waals surface area contributed by atoms with Crippen LogP contribution in [0.25, 0.3) is 12.2 Å². The molecule has 3 nitrogen and oxygen atoms in total. The van der Waals surface area contributed by atoms with Crippen molar-refractivity contribution in [1.82, 2.24) is 0 Å². The molecular formula is C20H25ClO3. The summed E-state index contributed by atoms with van der Waals surface area (Å²) in [6.45, 7) is 4.90. The molecule has 0 radical (unpaired) electrons. The molecule has 130 valence electrons. The fraction of sp³-hybridized carbons (Fsp3) is 0.400. The first-order valence-electron chi connectivity index (χ1n) is 8.33. The number of carbonyl (C=O) groups is 2. The van der Waals surface area contributed by atoms with Gasteiger partial charge in [0.15, 0.2) is 0 Å². The van der Waals surface area contributed by atoms with E-state index < -0.39 is 5.24 Å². The van der Waals surface area contributed by atoms with Gasteiger partial charge in [0.2, 0.25) is 5.24 Å². The Balaban J connectivity index is 2.32. The number of hydrogen-bond acceptors (Lipinski definition) is 3. The molecule has 0 aliphatic rings. The van der Waals surface area contributed by atoms with Gasteiger partial charge in [-0.2, -0.15) is 0 Å². The highest BCUT2D eigenvalue weighted by atomic mass is 35.5. The summed E-state index contributed by atoms with van der Waals surface area (Å²) in [5.74, 6) is 0.413. The van der Waals surface area contributed by atoms with Gasteiger partial charge in [0.05, 0.1) is 6.61 Å². The van der Waals surface area contributed by atoms with Crippen molar-refractivity contribution < 1.29 is 14.3 Å². The number of ether oxygens (including phenoxy) is 1. The van der Waals surface area contributed by atoms with Crippen LogP contribution in [0, 0.1) is 5.92 Å². The van der Waals surface area contributed by atoms with Gasteiger partial charge in [0, 0.05) is 6.08 Å². The van der Waals surface area contributed by atoms with E-state index in [1.165, 1.54) is 25.0 Å². The molecule has 4 heteroatoms. The SMILES string of the molecule is CCC(C)CCCCOC(=O)/C=C/c1ccc(/C=C/C(=O)Cl)cc1. The molecule has 1 aromatic rings. The average molecular weight is 349 g/mol. The Morgan fingerprint density at radius 2 is 1.67 bits per heavy atom. The summed E-state index contributed by atoms with van der Waals surface area (Å²) < 4.78 is 5.18. The standard InChI is InChI=1S/C20H25ClO3/c1-3-16(2)6-4-5-15-24-20(23)14-12-18-9-7-17(8-10-18)11-13-19(21)22/h7-14,16H,3-6,15H2,1-2H3/b13-11+,14-12+. The minimum Gasteiger partial charge on any atom is -0.463 e. The van der Waals surface area contributed by atoms with E-state index in [-0.39, 0.29) is 5.97 Å². The Morgan fingerprint density at radius 3 is 2.21 bits per heavy atom. The summed E-state index contributed by atoms with van der Waals surface area (Å²) in [6.07, 6.45) is 10.4. The van der Waals surface area contributed by atoms with Crippen LogP contribution in [0.4, 0.5) is 0 Å². The Hall–Kier alpha value is -1.87. The molecule has 1 unspecified atom stereocenters. The van der Waals surface area contributed by atoms with Crippen LogP contribution in [0.2, 0.25) is 0 Å². The molecule has 1 atom stereocenters. The maximum atomic E-state index is 11.6. The third kappa shape index (κ3) is 9.31. The molecule has 0 aliphatic carbocycles. The van der Waals surface area contributed by atoms with E-state index in [0.29, 0.717) is 6.61 Å². The van der Waals surface area contributed by atoms with Crippen LogP contribution in [-0.2, 0) is 14.3 Å². The predicted molar refractivity (Wildman–Crippen MR) is 99.6 cm³/mol. The number of carbonyl (C=O) groups excluding carboxylic acids is 2. The lowest BCUT2D eigenvalue weighted by molar-refractivity contribution is -0.137. The maximum absolute atomic E-state index is 11.6. The number of benzene rings is 1. The van der Waals surface area contributed by atoms with Gasteiger partial charge in [-0.3, -0.25) is 4.79 Å². The number of allylic oxidation sites excluding steroid dienone is 1. The van der Waals surface area contributed by atoms with E-state index in [1.807, 2.05) is 24.3 Å². The van der Waals surface area contributed by atoms with E-state index in [2.05, 4.69) is 13.8 Å². The van der Waals surface area contributed by atoms with Gasteiger partial charge in [-0.05, 0) is 53.6 Å². The summed E-state index contributed by atoms with van der Waals surface area (Å²) in [7, 11) is 0. The van der Waals surface area contributed by atoms with Crippen LogP contribution >= 0.6 is 11.6 Å². The van der Waals surface area contributed by atoms with Gasteiger partial charge in [-0.15, -0.1) is 0 Å². The van der Waals surface area contributed by atoms with Gasteiger partial charge in [-0.1, -0.05) is 57.0 Å². The lowest BCUT2D eigenvalue weighted by atomic mass is 10.0. The van der Waals surface area contributed by atoms with Crippen LogP contribution in [0.1, 0.15) is 50.7 Å². The van der Waals surface area contributed by atoms with Gasteiger partial charge in [0.25, 0.3) is 0 Å². The van der Waals surface area contributed by atoms with Crippen molar-refractivity contribution in [2.75, 3.05) is 6.61 Å². The molecule has 24 heavy (non-hydrogen) atoms. The number of halogens is 1. The molecule has 0 bridgehead atoms. The van der Waals surface area contributed by atoms with Crippen LogP contribution in [0.5, 0.6) is 0 Å². The van der Waals surface area contributed by atoms with E-state index in [0.717, 1.165) is 29.9 Å². The molecule has 1 aromatic carbocycles. The van der Waals surface area contributed by atoms with Gasteiger partial charge < -0.3 is 4.74 Å². The van der Waals surface area contributed by atoms with Gasteiger partial charge in [0.1, 0.15) is 0 Å². The van der Waals surface area contributed by atoms with E-state index in [4.69, 9.17) is 16.3 Å². The fourth-order valence-corrected chi connectivity index (χ4v) is 2.13. The second-order valence-corrected chi connectivity index (χ2v) is 6.19. The number of rotatable bonds is 10. The highest BCUT2D eigenvalue weighted by Crippen LogP contribution is 2.11. The monoisotopic (exact) mass is 348 g/mol. The van der Waals surface area contributed by atoms with Gasteiger partial charge >= 0.3 is 5.97 Å². The van der Waals surface area contributed by atoms with Crippen molar-refractivity contribution >= 4 is 35.0 Å². The van der Waals surface area contributed by atoms with E-state index >= 15 is 0 Å². The minimum atomic E-state index is -0.508. The first-order valence-corrected chi connectivity index (χ1v) is 8.71. The molecule has 0 aliphatic heterocycles. The smallest absolute Gasteiger partial charge is 0.330 e. The Labute approximate surface area is 149 Å². The topological polar surface area (TPSA) is 43.4 Å². The lowest BCUT2D eigenvalue weighted by Crippen LogP contribution is -2.03. The predicted octanol–water partition coefficient (Wildman–Crippen LogP) is 5.24. The maximum Gasteiger partial charge on any atom is 0.330 e. The Kier molecular flexibility index (Phi) is 9.78. The van der Waals surface area contributed by atoms with E-state index in [1.54, 1.807) is 12.2 Å². The normalized spacial score (nSPS) is 12.6. The molecule has 0 amide bonds. The summed E-state index contributed by atoms with van der Waals surface area (Å²) in [4.78, 5) is 22.3. The average Bonchev–Trinajstić information content (AvgIpc) is 2.58. The second-order valence-electron chi connectivity index (χ2n) is 5.81. The number of esters is 1. The van der Waals surface area contributed by atoms with Crippen LogP contribution in [-0.4, -0.2) is 17.8 Å². The number of hydrogen-bond donors (Lipinski definition) is 0. The largest absolute Gasteiger partial charge is 0.463 e. The van der Waals surface area contributed by atoms with E-state index in [9.17, 15) is 9.59 Å². The molecular weight excluding hydrogens is 324 g/mol. The van der Waals surface area contributed by atoms with Crippen molar-refractivity contribution in [3.63, 3.8) is 0 Å². The Bertz CT molecular complexity index is 573. The summed E-state index contributed by atoms with van der Waals surface area (Å²) in [5, 5.41) is -0.508. The zero-order chi connectivity index (χ0) is 17.8. The second kappa shape index (κ2) is 11.6. The molecule has 0 spiro atoms. The number of unbranched alkanes of at least 4 members (excludes halogenated alkanes) is 1. The zero-order valence-electron chi connectivity index (χ0n) is 14.3. The van der Waals surface area contributed by atoms with Crippen LogP contribution in [0.15, 0.2) is 36.4 Å². The third-order valence-corrected chi connectivity index (χ3v) is 3.91. The molecule has 1 rings (SSSR count). The molecule has 0 heterocycles.